The summed E-state index contributed by atoms with van der Waals surface area (Å²) in [4.78, 5) is 4.70. The second-order valence-corrected chi connectivity index (χ2v) is 10.2. The number of unbranched alkanes of at least 4 members (excludes halogenated alkanes) is 1. The van der Waals surface area contributed by atoms with E-state index < -0.39 is 10.0 Å². The van der Waals surface area contributed by atoms with Gasteiger partial charge in [-0.15, -0.1) is 0 Å². The number of hydrogen-bond acceptors (Lipinski definition) is 4. The van der Waals surface area contributed by atoms with Crippen molar-refractivity contribution in [1.29, 1.82) is 0 Å². The van der Waals surface area contributed by atoms with Crippen LogP contribution >= 0.6 is 0 Å². The first-order chi connectivity index (χ1) is 13.0. The molecule has 0 amide bonds. The fourth-order valence-corrected chi connectivity index (χ4v) is 5.97. The van der Waals surface area contributed by atoms with E-state index in [2.05, 4.69) is 11.5 Å². The summed E-state index contributed by atoms with van der Waals surface area (Å²) in [7, 11) is -3.05. The first kappa shape index (κ1) is 20.8. The van der Waals surface area contributed by atoms with Gasteiger partial charge < -0.3 is 9.30 Å². The van der Waals surface area contributed by atoms with Crippen LogP contribution in [0.5, 0.6) is 0 Å². The van der Waals surface area contributed by atoms with E-state index in [4.69, 9.17) is 9.72 Å². The molecule has 0 saturated carbocycles. The lowest BCUT2D eigenvalue weighted by Crippen LogP contribution is -2.39. The van der Waals surface area contributed by atoms with Crippen molar-refractivity contribution in [2.24, 2.45) is 5.92 Å². The Morgan fingerprint density at radius 2 is 1.89 bits per heavy atom. The monoisotopic (exact) mass is 397 g/mol. The third-order valence-corrected chi connectivity index (χ3v) is 8.11. The van der Waals surface area contributed by atoms with Gasteiger partial charge >= 0.3 is 0 Å². The summed E-state index contributed by atoms with van der Waals surface area (Å²) < 4.78 is 34.3. The molecule has 2 saturated heterocycles. The Bertz CT molecular complexity index is 687. The molecule has 3 rings (SSSR count). The average Bonchev–Trinajstić information content (AvgIpc) is 3.06. The smallest absolute Gasteiger partial charge is 0.214 e. The highest BCUT2D eigenvalue weighted by atomic mass is 32.2. The van der Waals surface area contributed by atoms with E-state index in [1.54, 1.807) is 4.31 Å². The van der Waals surface area contributed by atoms with Gasteiger partial charge in [0, 0.05) is 50.7 Å². The summed E-state index contributed by atoms with van der Waals surface area (Å²) in [6.07, 6.45) is 8.86. The number of ether oxygens (including phenoxy) is 1. The highest BCUT2D eigenvalue weighted by Crippen LogP contribution is 2.29. The highest BCUT2D eigenvalue weighted by molar-refractivity contribution is 7.89. The Morgan fingerprint density at radius 1 is 1.19 bits per heavy atom. The molecule has 2 aliphatic heterocycles. The van der Waals surface area contributed by atoms with Crippen LogP contribution in [-0.4, -0.2) is 54.3 Å². The van der Waals surface area contributed by atoms with Crippen LogP contribution in [0.4, 0.5) is 0 Å². The molecule has 1 aromatic rings. The second-order valence-electron chi connectivity index (χ2n) is 8.10. The summed E-state index contributed by atoms with van der Waals surface area (Å²) in [5.41, 5.74) is 1.23. The number of sulfonamides is 1. The van der Waals surface area contributed by atoms with Gasteiger partial charge in [-0.25, -0.2) is 17.7 Å². The topological polar surface area (TPSA) is 64.4 Å². The molecule has 0 atom stereocenters. The molecule has 3 heterocycles. The first-order valence-electron chi connectivity index (χ1n) is 10.6. The van der Waals surface area contributed by atoms with Crippen molar-refractivity contribution in [2.75, 3.05) is 32.1 Å². The molecule has 0 spiro atoms. The van der Waals surface area contributed by atoms with Crippen LogP contribution < -0.4 is 0 Å². The van der Waals surface area contributed by atoms with Crippen molar-refractivity contribution in [1.82, 2.24) is 13.9 Å². The van der Waals surface area contributed by atoms with E-state index in [1.165, 1.54) is 11.5 Å². The molecule has 6 nitrogen and oxygen atoms in total. The molecule has 0 unspecified atom stereocenters. The van der Waals surface area contributed by atoms with Crippen molar-refractivity contribution in [3.63, 3.8) is 0 Å². The van der Waals surface area contributed by atoms with Crippen molar-refractivity contribution >= 4 is 10.0 Å². The van der Waals surface area contributed by atoms with E-state index in [-0.39, 0.29) is 0 Å². The number of aromatic nitrogens is 2. The third kappa shape index (κ3) is 5.33. The van der Waals surface area contributed by atoms with Gasteiger partial charge in [-0.05, 0) is 51.4 Å². The van der Waals surface area contributed by atoms with Gasteiger partial charge in [0.15, 0.2) is 0 Å². The van der Waals surface area contributed by atoms with E-state index in [9.17, 15) is 8.42 Å². The molecule has 7 heteroatoms. The molecule has 27 heavy (non-hydrogen) atoms. The van der Waals surface area contributed by atoms with E-state index >= 15 is 0 Å². The zero-order chi connectivity index (χ0) is 19.3. The number of imidazole rings is 1. The number of hydrogen-bond donors (Lipinski definition) is 0. The maximum atomic E-state index is 12.4. The van der Waals surface area contributed by atoms with Gasteiger partial charge in [-0.2, -0.15) is 0 Å². The Hall–Kier alpha value is -0.920. The number of aryl methyl sites for hydroxylation is 1. The van der Waals surface area contributed by atoms with Crippen LogP contribution in [0.15, 0.2) is 6.20 Å². The van der Waals surface area contributed by atoms with Crippen LogP contribution in [0.2, 0.25) is 0 Å². The fourth-order valence-electron chi connectivity index (χ4n) is 4.30. The number of nitrogens with zero attached hydrogens (tertiary/aromatic N) is 3. The molecule has 0 N–H and O–H groups in total. The van der Waals surface area contributed by atoms with Crippen molar-refractivity contribution in [2.45, 2.75) is 71.3 Å². The van der Waals surface area contributed by atoms with Gasteiger partial charge in [0.2, 0.25) is 10.0 Å². The molecule has 0 radical (unpaired) electrons. The van der Waals surface area contributed by atoms with Gasteiger partial charge in [0.05, 0.1) is 5.75 Å². The summed E-state index contributed by atoms with van der Waals surface area (Å²) in [6, 6.07) is 0. The highest BCUT2D eigenvalue weighted by Gasteiger charge is 2.28. The van der Waals surface area contributed by atoms with Gasteiger partial charge in [0.25, 0.3) is 0 Å². The van der Waals surface area contributed by atoms with E-state index in [0.717, 1.165) is 64.7 Å². The molecular weight excluding hydrogens is 362 g/mol. The van der Waals surface area contributed by atoms with Gasteiger partial charge in [-0.1, -0.05) is 13.3 Å². The minimum atomic E-state index is -3.05. The average molecular weight is 398 g/mol. The van der Waals surface area contributed by atoms with Crippen molar-refractivity contribution in [3.05, 3.63) is 17.7 Å². The molecule has 0 aliphatic carbocycles. The van der Waals surface area contributed by atoms with Gasteiger partial charge in [-0.3, -0.25) is 0 Å². The molecule has 154 valence electrons. The first-order valence-corrected chi connectivity index (χ1v) is 12.2. The van der Waals surface area contributed by atoms with Crippen molar-refractivity contribution in [3.8, 4) is 0 Å². The Balaban J connectivity index is 1.51. The van der Waals surface area contributed by atoms with Crippen LogP contribution in [0.3, 0.4) is 0 Å². The Labute approximate surface area is 164 Å². The zero-order valence-corrected chi connectivity index (χ0v) is 17.7. The predicted molar refractivity (Wildman–Crippen MR) is 107 cm³/mol. The minimum Gasteiger partial charge on any atom is -0.381 e. The number of rotatable bonds is 8. The maximum absolute atomic E-state index is 12.4. The standard InChI is InChI=1S/C20H35N3O3S/c1-3-4-15-27(24,25)22-10-5-18(6-11-22)7-12-23-17(2)16-21-20(23)19-8-13-26-14-9-19/h16,18-19H,3-15H2,1-2H3. The lowest BCUT2D eigenvalue weighted by molar-refractivity contribution is 0.0826. The normalized spacial score (nSPS) is 21.0. The van der Waals surface area contributed by atoms with E-state index in [0.29, 0.717) is 30.7 Å². The quantitative estimate of drug-likeness (QED) is 0.675. The summed E-state index contributed by atoms with van der Waals surface area (Å²) in [5.74, 6) is 2.64. The maximum Gasteiger partial charge on any atom is 0.214 e. The minimum absolute atomic E-state index is 0.302. The fraction of sp³-hybridized carbons (Fsp3) is 0.850. The molecule has 0 bridgehead atoms. The van der Waals surface area contributed by atoms with Crippen LogP contribution in [0, 0.1) is 12.8 Å². The van der Waals surface area contributed by atoms with Crippen LogP contribution in [-0.2, 0) is 21.3 Å². The predicted octanol–water partition coefficient (Wildman–Crippen LogP) is 3.32. The molecule has 2 fully saturated rings. The van der Waals surface area contributed by atoms with Crippen molar-refractivity contribution < 1.29 is 13.2 Å². The Kier molecular flexibility index (Phi) is 7.34. The lowest BCUT2D eigenvalue weighted by atomic mass is 9.94. The zero-order valence-electron chi connectivity index (χ0n) is 16.9. The molecule has 2 aliphatic rings. The lowest BCUT2D eigenvalue weighted by Gasteiger charge is -2.31. The number of piperidine rings is 1. The molecule has 0 aromatic carbocycles. The van der Waals surface area contributed by atoms with Gasteiger partial charge in [0.1, 0.15) is 5.82 Å². The summed E-state index contributed by atoms with van der Waals surface area (Å²) in [6.45, 7) is 8.21. The Morgan fingerprint density at radius 3 is 2.56 bits per heavy atom. The summed E-state index contributed by atoms with van der Waals surface area (Å²) in [5, 5.41) is 0. The molecule has 1 aromatic heterocycles. The summed E-state index contributed by atoms with van der Waals surface area (Å²) >= 11 is 0. The SMILES string of the molecule is CCCCS(=O)(=O)N1CCC(CCn2c(C)cnc2C2CCOCC2)CC1. The second kappa shape index (κ2) is 9.52. The largest absolute Gasteiger partial charge is 0.381 e. The van der Waals surface area contributed by atoms with Crippen LogP contribution in [0.1, 0.15) is 69.3 Å². The molecular formula is C20H35N3O3S. The third-order valence-electron chi connectivity index (χ3n) is 6.16. The van der Waals surface area contributed by atoms with E-state index in [1.807, 2.05) is 13.1 Å². The van der Waals surface area contributed by atoms with Crippen LogP contribution in [0.25, 0.3) is 0 Å².